The number of carbonyl (C=O) groups excluding carboxylic acids is 1. The number of hydrogen-bond donors (Lipinski definition) is 2. The van der Waals surface area contributed by atoms with Crippen LogP contribution in [0.1, 0.15) is 30.5 Å². The minimum Gasteiger partial charge on any atom is -0.325 e. The number of para-hydroxylation sites is 1. The molecule has 2 aromatic heterocycles. The van der Waals surface area contributed by atoms with E-state index in [0.717, 1.165) is 35.2 Å². The van der Waals surface area contributed by atoms with Crippen molar-refractivity contribution in [3.63, 3.8) is 0 Å². The number of H-pyrrole nitrogens is 1. The Kier molecular flexibility index (Phi) is 6.41. The lowest BCUT2D eigenvalue weighted by Gasteiger charge is -2.12. The van der Waals surface area contributed by atoms with E-state index in [9.17, 15) is 9.59 Å². The highest BCUT2D eigenvalue weighted by molar-refractivity contribution is 7.99. The Morgan fingerprint density at radius 1 is 1.12 bits per heavy atom. The number of aromatic nitrogens is 4. The second kappa shape index (κ2) is 9.40. The SMILES string of the molecule is CCc1ccc(-c2cc3c(=O)[nH]nc(SCC(=O)Nc4c(C)cccc4CC)n3n2)cc1. The van der Waals surface area contributed by atoms with Gasteiger partial charge in [-0.05, 0) is 42.5 Å². The summed E-state index contributed by atoms with van der Waals surface area (Å²) >= 11 is 1.23. The lowest BCUT2D eigenvalue weighted by Crippen LogP contribution is -2.18. The number of aromatic amines is 1. The summed E-state index contributed by atoms with van der Waals surface area (Å²) < 4.78 is 1.51. The van der Waals surface area contributed by atoms with Gasteiger partial charge in [-0.15, -0.1) is 5.10 Å². The molecule has 0 unspecified atom stereocenters. The number of thioether (sulfide) groups is 1. The van der Waals surface area contributed by atoms with Crippen molar-refractivity contribution < 1.29 is 4.79 Å². The van der Waals surface area contributed by atoms with Gasteiger partial charge in [-0.3, -0.25) is 9.59 Å². The highest BCUT2D eigenvalue weighted by Crippen LogP contribution is 2.24. The average Bonchev–Trinajstić information content (AvgIpc) is 3.26. The highest BCUT2D eigenvalue weighted by Gasteiger charge is 2.15. The Morgan fingerprint density at radius 2 is 1.91 bits per heavy atom. The van der Waals surface area contributed by atoms with E-state index in [1.807, 2.05) is 37.3 Å². The average molecular weight is 448 g/mol. The third-order valence-corrected chi connectivity index (χ3v) is 6.30. The predicted octanol–water partition coefficient (Wildman–Crippen LogP) is 4.25. The standard InChI is InChI=1S/C24H25N5O2S/c1-4-16-9-11-18(12-10-16)19-13-20-23(31)26-27-24(29(20)28-19)32-14-21(30)25-22-15(3)7-6-8-17(22)5-2/h6-13H,4-5,14H2,1-3H3,(H,25,30)(H,26,31). The van der Waals surface area contributed by atoms with E-state index in [4.69, 9.17) is 0 Å². The first-order valence-corrected chi connectivity index (χ1v) is 11.6. The molecule has 2 heterocycles. The van der Waals surface area contributed by atoms with Crippen LogP contribution in [0, 0.1) is 6.92 Å². The van der Waals surface area contributed by atoms with Gasteiger partial charge in [-0.25, -0.2) is 9.61 Å². The van der Waals surface area contributed by atoms with Gasteiger partial charge in [-0.1, -0.05) is 68.1 Å². The minimum atomic E-state index is -0.324. The number of nitrogens with one attached hydrogen (secondary N) is 2. The smallest absolute Gasteiger partial charge is 0.290 e. The fourth-order valence-electron chi connectivity index (χ4n) is 3.55. The zero-order valence-electron chi connectivity index (χ0n) is 18.3. The third-order valence-electron chi connectivity index (χ3n) is 5.37. The maximum atomic E-state index is 12.6. The number of hydrogen-bond acceptors (Lipinski definition) is 5. The van der Waals surface area contributed by atoms with Gasteiger partial charge < -0.3 is 5.32 Å². The van der Waals surface area contributed by atoms with Crippen molar-refractivity contribution in [1.82, 2.24) is 19.8 Å². The monoisotopic (exact) mass is 447 g/mol. The zero-order valence-corrected chi connectivity index (χ0v) is 19.1. The van der Waals surface area contributed by atoms with Crippen molar-refractivity contribution in [3.05, 3.63) is 75.6 Å². The normalized spacial score (nSPS) is 11.1. The Morgan fingerprint density at radius 3 is 2.62 bits per heavy atom. The molecule has 7 nitrogen and oxygen atoms in total. The van der Waals surface area contributed by atoms with E-state index in [-0.39, 0.29) is 17.2 Å². The molecule has 8 heteroatoms. The molecule has 1 amide bonds. The quantitative estimate of drug-likeness (QED) is 0.413. The van der Waals surface area contributed by atoms with Gasteiger partial charge in [-0.2, -0.15) is 5.10 Å². The molecule has 0 spiro atoms. The van der Waals surface area contributed by atoms with Crippen molar-refractivity contribution in [2.75, 3.05) is 11.1 Å². The summed E-state index contributed by atoms with van der Waals surface area (Å²) in [5, 5.41) is 14.7. The van der Waals surface area contributed by atoms with Crippen LogP contribution in [-0.2, 0) is 17.6 Å². The molecule has 0 aliphatic heterocycles. The van der Waals surface area contributed by atoms with Crippen LogP contribution in [-0.4, -0.2) is 31.5 Å². The molecule has 4 aromatic rings. The molecule has 0 saturated carbocycles. The third kappa shape index (κ3) is 4.45. The summed E-state index contributed by atoms with van der Waals surface area (Å²) in [6, 6.07) is 15.8. The molecular weight excluding hydrogens is 422 g/mol. The van der Waals surface area contributed by atoms with Gasteiger partial charge in [0.1, 0.15) is 5.52 Å². The maximum Gasteiger partial charge on any atom is 0.290 e. The van der Waals surface area contributed by atoms with E-state index in [1.165, 1.54) is 21.8 Å². The molecule has 32 heavy (non-hydrogen) atoms. The van der Waals surface area contributed by atoms with Gasteiger partial charge in [0.2, 0.25) is 11.1 Å². The summed E-state index contributed by atoms with van der Waals surface area (Å²) in [5.74, 6) is 0.00846. The minimum absolute atomic E-state index is 0.136. The van der Waals surface area contributed by atoms with Gasteiger partial charge in [0.05, 0.1) is 11.4 Å². The molecule has 4 rings (SSSR count). The van der Waals surface area contributed by atoms with Crippen LogP contribution in [0.25, 0.3) is 16.8 Å². The van der Waals surface area contributed by atoms with E-state index in [1.54, 1.807) is 6.07 Å². The van der Waals surface area contributed by atoms with Gasteiger partial charge in [0, 0.05) is 11.3 Å². The topological polar surface area (TPSA) is 92.1 Å². The van der Waals surface area contributed by atoms with E-state index < -0.39 is 0 Å². The van der Waals surface area contributed by atoms with Gasteiger partial charge >= 0.3 is 0 Å². The molecule has 0 radical (unpaired) electrons. The fourth-order valence-corrected chi connectivity index (χ4v) is 4.25. The van der Waals surface area contributed by atoms with E-state index >= 15 is 0 Å². The second-order valence-electron chi connectivity index (χ2n) is 7.51. The number of rotatable bonds is 7. The summed E-state index contributed by atoms with van der Waals surface area (Å²) in [6.45, 7) is 6.14. The second-order valence-corrected chi connectivity index (χ2v) is 8.45. The van der Waals surface area contributed by atoms with Crippen molar-refractivity contribution in [2.45, 2.75) is 38.8 Å². The summed E-state index contributed by atoms with van der Waals surface area (Å²) in [7, 11) is 0. The number of carbonyl (C=O) groups is 1. The van der Waals surface area contributed by atoms with Crippen molar-refractivity contribution in [3.8, 4) is 11.3 Å². The molecule has 0 aliphatic carbocycles. The number of anilines is 1. The van der Waals surface area contributed by atoms with Gasteiger partial charge in [0.25, 0.3) is 5.56 Å². The molecule has 0 atom stereocenters. The molecule has 164 valence electrons. The van der Waals surface area contributed by atoms with Crippen LogP contribution in [0.5, 0.6) is 0 Å². The number of benzene rings is 2. The molecule has 0 bridgehead atoms. The van der Waals surface area contributed by atoms with E-state index in [2.05, 4.69) is 46.6 Å². The van der Waals surface area contributed by atoms with Crippen LogP contribution in [0.15, 0.2) is 58.5 Å². The largest absolute Gasteiger partial charge is 0.325 e. The molecule has 0 aliphatic rings. The van der Waals surface area contributed by atoms with Crippen molar-refractivity contribution in [1.29, 1.82) is 0 Å². The first-order chi connectivity index (χ1) is 15.5. The van der Waals surface area contributed by atoms with Crippen LogP contribution in [0.4, 0.5) is 5.69 Å². The maximum absolute atomic E-state index is 12.6. The molecule has 0 saturated heterocycles. The van der Waals surface area contributed by atoms with Crippen LogP contribution >= 0.6 is 11.8 Å². The Hall–Kier alpha value is -3.39. The summed E-state index contributed by atoms with van der Waals surface area (Å²) in [6.07, 6.45) is 1.79. The number of fused-ring (bicyclic) bond motifs is 1. The first-order valence-electron chi connectivity index (χ1n) is 10.6. The molecule has 0 fully saturated rings. The zero-order chi connectivity index (χ0) is 22.7. The fraction of sp³-hybridized carbons (Fsp3) is 0.250. The van der Waals surface area contributed by atoms with Crippen molar-refractivity contribution in [2.24, 2.45) is 0 Å². The van der Waals surface area contributed by atoms with E-state index in [0.29, 0.717) is 16.4 Å². The van der Waals surface area contributed by atoms with Crippen LogP contribution < -0.4 is 10.9 Å². The Bertz CT molecular complexity index is 1320. The van der Waals surface area contributed by atoms with Crippen molar-refractivity contribution >= 4 is 28.9 Å². The lowest BCUT2D eigenvalue weighted by atomic mass is 10.1. The molecular formula is C24H25N5O2S. The predicted molar refractivity (Wildman–Crippen MR) is 128 cm³/mol. The Balaban J connectivity index is 1.56. The molecule has 2 aromatic carbocycles. The van der Waals surface area contributed by atoms with Gasteiger partial charge in [0.15, 0.2) is 0 Å². The lowest BCUT2D eigenvalue weighted by molar-refractivity contribution is -0.113. The summed E-state index contributed by atoms with van der Waals surface area (Å²) in [5.41, 5.74) is 5.89. The number of nitrogens with zero attached hydrogens (tertiary/aromatic N) is 3. The highest BCUT2D eigenvalue weighted by atomic mass is 32.2. The number of aryl methyl sites for hydroxylation is 3. The first kappa shape index (κ1) is 21.8. The number of amides is 1. The summed E-state index contributed by atoms with van der Waals surface area (Å²) in [4.78, 5) is 24.9. The molecule has 2 N–H and O–H groups in total. The van der Waals surface area contributed by atoms with Crippen LogP contribution in [0.3, 0.4) is 0 Å². The van der Waals surface area contributed by atoms with Crippen LogP contribution in [0.2, 0.25) is 0 Å². The Labute approximate surface area is 190 Å².